The number of hydrogen-bond donors (Lipinski definition) is 0. The van der Waals surface area contributed by atoms with Crippen LogP contribution in [-0.2, 0) is 0 Å². The van der Waals surface area contributed by atoms with Gasteiger partial charge in [-0.1, -0.05) is 55.6 Å². The van der Waals surface area contributed by atoms with Crippen molar-refractivity contribution < 1.29 is 9.53 Å². The Morgan fingerprint density at radius 1 is 1.09 bits per heavy atom. The molecule has 0 aliphatic carbocycles. The first kappa shape index (κ1) is 15.1. The maximum Gasteiger partial charge on any atom is 0.173 e. The highest BCUT2D eigenvalue weighted by molar-refractivity contribution is 6.30. The van der Waals surface area contributed by atoms with Crippen molar-refractivity contribution in [1.29, 1.82) is 0 Å². The first-order valence-corrected chi connectivity index (χ1v) is 8.14. The molecule has 2 nitrogen and oxygen atoms in total. The molecule has 0 fully saturated rings. The number of para-hydroxylation sites is 1. The minimum Gasteiger partial charge on any atom is -0.484 e. The number of ether oxygens (including phenoxy) is 1. The smallest absolute Gasteiger partial charge is 0.173 e. The molecular formula is C19H19ClO2. The molecule has 0 aromatic heterocycles. The van der Waals surface area contributed by atoms with Crippen LogP contribution in [0.5, 0.6) is 5.75 Å². The van der Waals surface area contributed by atoms with Crippen LogP contribution in [0.4, 0.5) is 0 Å². The fourth-order valence-electron chi connectivity index (χ4n) is 2.99. The lowest BCUT2D eigenvalue weighted by molar-refractivity contribution is 0.0632. The normalized spacial score (nSPS) is 20.4. The molecule has 22 heavy (non-hydrogen) atoms. The van der Waals surface area contributed by atoms with Crippen molar-refractivity contribution in [2.75, 3.05) is 0 Å². The molecule has 2 aromatic rings. The highest BCUT2D eigenvalue weighted by atomic mass is 35.5. The summed E-state index contributed by atoms with van der Waals surface area (Å²) < 4.78 is 6.17. The molecule has 1 aliphatic heterocycles. The van der Waals surface area contributed by atoms with Gasteiger partial charge in [-0.2, -0.15) is 0 Å². The standard InChI is InChI=1S/C19H19ClO2/c1-2-3-6-16-18(21)15-7-4-5-8-17(15)22-19(16)13-9-11-14(20)12-10-13/h4-5,7-12,16,19H,2-3,6H2,1H3. The molecule has 1 heterocycles. The molecule has 0 saturated carbocycles. The van der Waals surface area contributed by atoms with Gasteiger partial charge in [0.2, 0.25) is 0 Å². The van der Waals surface area contributed by atoms with Crippen LogP contribution >= 0.6 is 11.6 Å². The highest BCUT2D eigenvalue weighted by Crippen LogP contribution is 2.40. The Kier molecular flexibility index (Phi) is 4.49. The average molecular weight is 315 g/mol. The minimum absolute atomic E-state index is 0.129. The predicted molar refractivity (Wildman–Crippen MR) is 88.6 cm³/mol. The van der Waals surface area contributed by atoms with E-state index in [2.05, 4.69) is 6.92 Å². The summed E-state index contributed by atoms with van der Waals surface area (Å²) in [4.78, 5) is 12.9. The summed E-state index contributed by atoms with van der Waals surface area (Å²) in [5, 5.41) is 0.691. The molecule has 2 aromatic carbocycles. The largest absolute Gasteiger partial charge is 0.484 e. The van der Waals surface area contributed by atoms with E-state index in [9.17, 15) is 4.79 Å². The third-order valence-corrected chi connectivity index (χ3v) is 4.43. The van der Waals surface area contributed by atoms with Gasteiger partial charge in [-0.3, -0.25) is 4.79 Å². The summed E-state index contributed by atoms with van der Waals surface area (Å²) >= 11 is 5.97. The number of ketones is 1. The quantitative estimate of drug-likeness (QED) is 0.748. The van der Waals surface area contributed by atoms with Crippen LogP contribution in [0.15, 0.2) is 48.5 Å². The Morgan fingerprint density at radius 2 is 1.82 bits per heavy atom. The van der Waals surface area contributed by atoms with Crippen LogP contribution in [0.2, 0.25) is 5.02 Å². The van der Waals surface area contributed by atoms with Crippen LogP contribution in [0.3, 0.4) is 0 Å². The number of halogens is 1. The Labute approximate surface area is 136 Å². The molecule has 0 saturated heterocycles. The fourth-order valence-corrected chi connectivity index (χ4v) is 3.11. The van der Waals surface area contributed by atoms with Crippen molar-refractivity contribution in [3.05, 3.63) is 64.7 Å². The number of hydrogen-bond acceptors (Lipinski definition) is 2. The highest BCUT2D eigenvalue weighted by Gasteiger charge is 2.37. The van der Waals surface area contributed by atoms with Gasteiger partial charge in [0.25, 0.3) is 0 Å². The van der Waals surface area contributed by atoms with E-state index < -0.39 is 0 Å². The van der Waals surface area contributed by atoms with Crippen LogP contribution < -0.4 is 4.74 Å². The lowest BCUT2D eigenvalue weighted by Crippen LogP contribution is -2.31. The third-order valence-electron chi connectivity index (χ3n) is 4.18. The number of Topliss-reactive ketones (excluding diaryl/α,β-unsaturated/α-hetero) is 1. The van der Waals surface area contributed by atoms with E-state index in [0.717, 1.165) is 24.8 Å². The number of unbranched alkanes of at least 4 members (excludes halogenated alkanes) is 1. The summed E-state index contributed by atoms with van der Waals surface area (Å²) in [6.45, 7) is 2.14. The Bertz CT molecular complexity index is 663. The number of carbonyl (C=O) groups excluding carboxylic acids is 1. The van der Waals surface area contributed by atoms with Crippen molar-refractivity contribution >= 4 is 17.4 Å². The zero-order chi connectivity index (χ0) is 15.5. The molecule has 1 aliphatic rings. The van der Waals surface area contributed by atoms with E-state index in [1.54, 1.807) is 0 Å². The van der Waals surface area contributed by atoms with Gasteiger partial charge in [0, 0.05) is 5.02 Å². The van der Waals surface area contributed by atoms with Gasteiger partial charge in [-0.15, -0.1) is 0 Å². The molecule has 3 heteroatoms. The van der Waals surface area contributed by atoms with Crippen molar-refractivity contribution in [2.24, 2.45) is 5.92 Å². The zero-order valence-corrected chi connectivity index (χ0v) is 13.3. The second-order valence-corrected chi connectivity index (χ2v) is 6.14. The topological polar surface area (TPSA) is 26.3 Å². The van der Waals surface area contributed by atoms with Crippen LogP contribution in [0.25, 0.3) is 0 Å². The number of rotatable bonds is 4. The van der Waals surface area contributed by atoms with Gasteiger partial charge in [-0.05, 0) is 36.2 Å². The predicted octanol–water partition coefficient (Wildman–Crippen LogP) is 5.46. The molecule has 2 atom stereocenters. The Hall–Kier alpha value is -1.80. The van der Waals surface area contributed by atoms with E-state index in [1.807, 2.05) is 48.5 Å². The third kappa shape index (κ3) is 2.89. The van der Waals surface area contributed by atoms with Gasteiger partial charge in [0.1, 0.15) is 11.9 Å². The van der Waals surface area contributed by atoms with Crippen LogP contribution in [0.1, 0.15) is 48.2 Å². The lowest BCUT2D eigenvalue weighted by Gasteiger charge is -2.33. The summed E-state index contributed by atoms with van der Waals surface area (Å²) in [6.07, 6.45) is 2.70. The maximum absolute atomic E-state index is 12.9. The van der Waals surface area contributed by atoms with Crippen molar-refractivity contribution in [3.63, 3.8) is 0 Å². The van der Waals surface area contributed by atoms with Gasteiger partial charge in [0.15, 0.2) is 5.78 Å². The molecule has 0 spiro atoms. The Balaban J connectivity index is 1.99. The number of fused-ring (bicyclic) bond motifs is 1. The molecular weight excluding hydrogens is 296 g/mol. The van der Waals surface area contributed by atoms with E-state index in [1.165, 1.54) is 0 Å². The molecule has 114 valence electrons. The van der Waals surface area contributed by atoms with Gasteiger partial charge < -0.3 is 4.74 Å². The fraction of sp³-hybridized carbons (Fsp3) is 0.316. The summed E-state index contributed by atoms with van der Waals surface area (Å²) in [5.41, 5.74) is 1.71. The molecule has 0 amide bonds. The van der Waals surface area contributed by atoms with E-state index in [4.69, 9.17) is 16.3 Å². The summed E-state index contributed by atoms with van der Waals surface area (Å²) in [7, 11) is 0. The second-order valence-electron chi connectivity index (χ2n) is 5.70. The van der Waals surface area contributed by atoms with Gasteiger partial charge in [-0.25, -0.2) is 0 Å². The van der Waals surface area contributed by atoms with Crippen molar-refractivity contribution in [3.8, 4) is 5.75 Å². The van der Waals surface area contributed by atoms with E-state index in [0.29, 0.717) is 16.3 Å². The SMILES string of the molecule is CCCCC1C(=O)c2ccccc2OC1c1ccc(Cl)cc1. The number of carbonyl (C=O) groups is 1. The number of benzene rings is 2. The molecule has 0 radical (unpaired) electrons. The molecule has 0 bridgehead atoms. The average Bonchev–Trinajstić information content (AvgIpc) is 2.55. The Morgan fingerprint density at radius 3 is 2.55 bits per heavy atom. The summed E-state index contributed by atoms with van der Waals surface area (Å²) in [5.74, 6) is 0.742. The van der Waals surface area contributed by atoms with Crippen LogP contribution in [0, 0.1) is 5.92 Å². The molecule has 2 unspecified atom stereocenters. The molecule has 3 rings (SSSR count). The van der Waals surface area contributed by atoms with E-state index in [-0.39, 0.29) is 17.8 Å². The first-order chi connectivity index (χ1) is 10.7. The molecule has 0 N–H and O–H groups in total. The summed E-state index contributed by atoms with van der Waals surface area (Å²) in [6, 6.07) is 15.1. The van der Waals surface area contributed by atoms with Crippen molar-refractivity contribution in [2.45, 2.75) is 32.3 Å². The lowest BCUT2D eigenvalue weighted by atomic mass is 9.82. The van der Waals surface area contributed by atoms with Crippen LogP contribution in [-0.4, -0.2) is 5.78 Å². The van der Waals surface area contributed by atoms with Gasteiger partial charge in [0.05, 0.1) is 11.5 Å². The minimum atomic E-state index is -0.230. The van der Waals surface area contributed by atoms with Gasteiger partial charge >= 0.3 is 0 Å². The maximum atomic E-state index is 12.9. The van der Waals surface area contributed by atoms with E-state index >= 15 is 0 Å². The second kappa shape index (κ2) is 6.53. The van der Waals surface area contributed by atoms with Crippen molar-refractivity contribution in [1.82, 2.24) is 0 Å². The monoisotopic (exact) mass is 314 g/mol. The zero-order valence-electron chi connectivity index (χ0n) is 12.6. The first-order valence-electron chi connectivity index (χ1n) is 7.76.